The van der Waals surface area contributed by atoms with E-state index in [-0.39, 0.29) is 25.1 Å². The number of halogens is 1. The zero-order valence-electron chi connectivity index (χ0n) is 14.6. The SMILES string of the molecule is C[C@@]1(CCc2ccccc2)NC(=O)N(CCOc2cccc(Cl)c2)C1=O. The van der Waals surface area contributed by atoms with Crippen molar-refractivity contribution in [1.82, 2.24) is 10.2 Å². The number of carbonyl (C=O) groups excluding carboxylic acids is 2. The van der Waals surface area contributed by atoms with E-state index in [0.717, 1.165) is 12.0 Å². The van der Waals surface area contributed by atoms with Gasteiger partial charge in [0.15, 0.2) is 0 Å². The number of nitrogens with one attached hydrogen (secondary N) is 1. The van der Waals surface area contributed by atoms with Gasteiger partial charge in [-0.15, -0.1) is 0 Å². The van der Waals surface area contributed by atoms with Crippen LogP contribution in [0, 0.1) is 0 Å². The van der Waals surface area contributed by atoms with E-state index < -0.39 is 5.54 Å². The van der Waals surface area contributed by atoms with Gasteiger partial charge in [-0.3, -0.25) is 9.69 Å². The van der Waals surface area contributed by atoms with E-state index in [1.165, 1.54) is 4.90 Å². The highest BCUT2D eigenvalue weighted by Gasteiger charge is 2.47. The van der Waals surface area contributed by atoms with E-state index in [9.17, 15) is 9.59 Å². The summed E-state index contributed by atoms with van der Waals surface area (Å²) in [5.41, 5.74) is 0.252. The average Bonchev–Trinajstić information content (AvgIpc) is 2.84. The second-order valence-corrected chi connectivity index (χ2v) is 6.95. The number of carbonyl (C=O) groups is 2. The molecular formula is C20H21ClN2O3. The number of amides is 3. The fraction of sp³-hybridized carbons (Fsp3) is 0.300. The summed E-state index contributed by atoms with van der Waals surface area (Å²) in [6.07, 6.45) is 1.27. The summed E-state index contributed by atoms with van der Waals surface area (Å²) in [7, 11) is 0. The normalized spacial score (nSPS) is 19.5. The Balaban J connectivity index is 1.55. The number of rotatable bonds is 7. The van der Waals surface area contributed by atoms with Gasteiger partial charge in [-0.25, -0.2) is 4.79 Å². The van der Waals surface area contributed by atoms with E-state index in [1.54, 1.807) is 31.2 Å². The van der Waals surface area contributed by atoms with Gasteiger partial charge in [-0.05, 0) is 43.5 Å². The van der Waals surface area contributed by atoms with Gasteiger partial charge in [-0.2, -0.15) is 0 Å². The Morgan fingerprint density at radius 3 is 2.62 bits per heavy atom. The molecule has 1 fully saturated rings. The zero-order chi connectivity index (χ0) is 18.6. The van der Waals surface area contributed by atoms with Crippen LogP contribution in [-0.4, -0.2) is 35.5 Å². The number of nitrogens with zero attached hydrogens (tertiary/aromatic N) is 1. The molecule has 1 aliphatic heterocycles. The van der Waals surface area contributed by atoms with Gasteiger partial charge in [0.25, 0.3) is 5.91 Å². The molecule has 5 nitrogen and oxygen atoms in total. The third kappa shape index (κ3) is 4.17. The molecule has 0 saturated carbocycles. The third-order valence-corrected chi connectivity index (χ3v) is 4.72. The third-order valence-electron chi connectivity index (χ3n) is 4.48. The molecule has 136 valence electrons. The van der Waals surface area contributed by atoms with Crippen LogP contribution in [0.1, 0.15) is 18.9 Å². The van der Waals surface area contributed by atoms with Gasteiger partial charge >= 0.3 is 6.03 Å². The number of hydrogen-bond donors (Lipinski definition) is 1. The van der Waals surface area contributed by atoms with Crippen LogP contribution in [0.25, 0.3) is 0 Å². The van der Waals surface area contributed by atoms with Crippen LogP contribution >= 0.6 is 11.6 Å². The molecule has 2 aromatic carbocycles. The van der Waals surface area contributed by atoms with Crippen molar-refractivity contribution < 1.29 is 14.3 Å². The predicted molar refractivity (Wildman–Crippen MR) is 100 cm³/mol. The first-order chi connectivity index (χ1) is 12.5. The highest BCUT2D eigenvalue weighted by molar-refractivity contribution is 6.30. The molecule has 26 heavy (non-hydrogen) atoms. The number of urea groups is 1. The number of ether oxygens (including phenoxy) is 1. The summed E-state index contributed by atoms with van der Waals surface area (Å²) in [5.74, 6) is 0.393. The Morgan fingerprint density at radius 1 is 1.12 bits per heavy atom. The molecule has 0 bridgehead atoms. The van der Waals surface area contributed by atoms with Gasteiger partial charge in [0.2, 0.25) is 0 Å². The van der Waals surface area contributed by atoms with E-state index in [2.05, 4.69) is 5.32 Å². The molecule has 3 amide bonds. The molecule has 1 atom stereocenters. The van der Waals surface area contributed by atoms with Gasteiger partial charge in [-0.1, -0.05) is 48.0 Å². The first kappa shape index (κ1) is 18.3. The molecule has 3 rings (SSSR count). The molecule has 0 aromatic heterocycles. The monoisotopic (exact) mass is 372 g/mol. The summed E-state index contributed by atoms with van der Waals surface area (Å²) >= 11 is 5.91. The van der Waals surface area contributed by atoms with Crippen LogP contribution in [0.15, 0.2) is 54.6 Å². The molecule has 0 unspecified atom stereocenters. The Bertz CT molecular complexity index is 797. The quantitative estimate of drug-likeness (QED) is 0.754. The van der Waals surface area contributed by atoms with Crippen LogP contribution < -0.4 is 10.1 Å². The van der Waals surface area contributed by atoms with E-state index >= 15 is 0 Å². The van der Waals surface area contributed by atoms with Crippen molar-refractivity contribution in [2.45, 2.75) is 25.3 Å². The second-order valence-electron chi connectivity index (χ2n) is 6.51. The van der Waals surface area contributed by atoms with Crippen molar-refractivity contribution in [3.8, 4) is 5.75 Å². The fourth-order valence-electron chi connectivity index (χ4n) is 2.97. The molecule has 1 heterocycles. The summed E-state index contributed by atoms with van der Waals surface area (Å²) in [4.78, 5) is 26.2. The predicted octanol–water partition coefficient (Wildman–Crippen LogP) is 3.66. The smallest absolute Gasteiger partial charge is 0.325 e. The van der Waals surface area contributed by atoms with E-state index in [4.69, 9.17) is 16.3 Å². The Hall–Kier alpha value is -2.53. The molecule has 0 aliphatic carbocycles. The molecule has 0 radical (unpaired) electrons. The number of benzene rings is 2. The summed E-state index contributed by atoms with van der Waals surface area (Å²) in [5, 5.41) is 3.39. The number of aryl methyl sites for hydroxylation is 1. The topological polar surface area (TPSA) is 58.6 Å². The van der Waals surface area contributed by atoms with Gasteiger partial charge in [0.05, 0.1) is 6.54 Å². The zero-order valence-corrected chi connectivity index (χ0v) is 15.3. The maximum absolute atomic E-state index is 12.7. The van der Waals surface area contributed by atoms with Gasteiger partial charge < -0.3 is 10.1 Å². The molecule has 2 aromatic rings. The summed E-state index contributed by atoms with van der Waals surface area (Å²) in [6.45, 7) is 2.18. The van der Waals surface area contributed by atoms with Crippen molar-refractivity contribution in [1.29, 1.82) is 0 Å². The lowest BCUT2D eigenvalue weighted by Gasteiger charge is -2.21. The van der Waals surface area contributed by atoms with Crippen molar-refractivity contribution in [3.63, 3.8) is 0 Å². The van der Waals surface area contributed by atoms with E-state index in [1.807, 2.05) is 30.3 Å². The molecule has 0 spiro atoms. The highest BCUT2D eigenvalue weighted by Crippen LogP contribution is 2.23. The van der Waals surface area contributed by atoms with E-state index in [0.29, 0.717) is 17.2 Å². The second kappa shape index (κ2) is 7.79. The fourth-order valence-corrected chi connectivity index (χ4v) is 3.15. The molecule has 1 aliphatic rings. The summed E-state index contributed by atoms with van der Waals surface area (Å²) < 4.78 is 5.58. The standard InChI is InChI=1S/C20H21ClN2O3/c1-20(11-10-15-6-3-2-4-7-15)18(24)23(19(25)22-20)12-13-26-17-9-5-8-16(21)14-17/h2-9,14H,10-13H2,1H3,(H,22,25)/t20-/m0/s1. The van der Waals surface area contributed by atoms with Crippen molar-refractivity contribution in [2.24, 2.45) is 0 Å². The lowest BCUT2D eigenvalue weighted by Crippen LogP contribution is -2.44. The highest BCUT2D eigenvalue weighted by atomic mass is 35.5. The maximum atomic E-state index is 12.7. The Kier molecular flexibility index (Phi) is 5.47. The van der Waals surface area contributed by atoms with Gasteiger partial charge in [0, 0.05) is 5.02 Å². The van der Waals surface area contributed by atoms with Crippen molar-refractivity contribution in [2.75, 3.05) is 13.2 Å². The Labute approximate surface area is 157 Å². The molecule has 6 heteroatoms. The van der Waals surface area contributed by atoms with Crippen molar-refractivity contribution in [3.05, 3.63) is 65.2 Å². The molecule has 1 N–H and O–H groups in total. The lowest BCUT2D eigenvalue weighted by molar-refractivity contribution is -0.131. The van der Waals surface area contributed by atoms with Crippen LogP contribution in [0.4, 0.5) is 4.79 Å². The minimum atomic E-state index is -0.886. The van der Waals surface area contributed by atoms with Crippen LogP contribution in [0.5, 0.6) is 5.75 Å². The van der Waals surface area contributed by atoms with Crippen molar-refractivity contribution >= 4 is 23.5 Å². The number of hydrogen-bond acceptors (Lipinski definition) is 3. The minimum Gasteiger partial charge on any atom is -0.492 e. The van der Waals surface area contributed by atoms with Crippen LogP contribution in [-0.2, 0) is 11.2 Å². The molecular weight excluding hydrogens is 352 g/mol. The number of imide groups is 1. The maximum Gasteiger partial charge on any atom is 0.325 e. The van der Waals surface area contributed by atoms with Crippen LogP contribution in [0.2, 0.25) is 5.02 Å². The lowest BCUT2D eigenvalue weighted by atomic mass is 9.93. The average molecular weight is 373 g/mol. The first-order valence-electron chi connectivity index (χ1n) is 8.54. The minimum absolute atomic E-state index is 0.193. The molecule has 1 saturated heterocycles. The van der Waals surface area contributed by atoms with Crippen LogP contribution in [0.3, 0.4) is 0 Å². The largest absolute Gasteiger partial charge is 0.492 e. The first-order valence-corrected chi connectivity index (χ1v) is 8.92. The summed E-state index contributed by atoms with van der Waals surface area (Å²) in [6, 6.07) is 16.5. The Morgan fingerprint density at radius 2 is 1.88 bits per heavy atom. The van der Waals surface area contributed by atoms with Gasteiger partial charge in [0.1, 0.15) is 17.9 Å².